The highest BCUT2D eigenvalue weighted by molar-refractivity contribution is 9.10. The summed E-state index contributed by atoms with van der Waals surface area (Å²) in [4.78, 5) is 0. The van der Waals surface area contributed by atoms with Gasteiger partial charge in [-0.15, -0.1) is 0 Å². The van der Waals surface area contributed by atoms with Gasteiger partial charge in [0, 0.05) is 15.9 Å². The minimum atomic E-state index is 0.154. The summed E-state index contributed by atoms with van der Waals surface area (Å²) in [7, 11) is 0. The number of benzene rings is 3. The minimum absolute atomic E-state index is 0.154. The molecule has 0 bridgehead atoms. The van der Waals surface area contributed by atoms with Gasteiger partial charge in [-0.1, -0.05) is 76.1 Å². The Morgan fingerprint density at radius 1 is 0.920 bits per heavy atom. The summed E-state index contributed by atoms with van der Waals surface area (Å²) in [6.07, 6.45) is 0.859. The van der Waals surface area contributed by atoms with Crippen molar-refractivity contribution < 1.29 is 0 Å². The molecule has 4 heteroatoms. The highest BCUT2D eigenvalue weighted by Crippen LogP contribution is 2.37. The van der Waals surface area contributed by atoms with Gasteiger partial charge in [-0.2, -0.15) is 5.10 Å². The van der Waals surface area contributed by atoms with Crippen molar-refractivity contribution in [3.05, 3.63) is 99.5 Å². The summed E-state index contributed by atoms with van der Waals surface area (Å²) in [6, 6.07) is 26.8. The van der Waals surface area contributed by atoms with Crippen molar-refractivity contribution in [2.45, 2.75) is 12.5 Å². The molecule has 25 heavy (non-hydrogen) atoms. The van der Waals surface area contributed by atoms with Crippen LogP contribution < -0.4 is 5.01 Å². The molecule has 0 saturated carbocycles. The Bertz CT molecular complexity index is 907. The zero-order valence-electron chi connectivity index (χ0n) is 13.4. The van der Waals surface area contributed by atoms with Crippen LogP contribution >= 0.6 is 27.5 Å². The molecule has 0 saturated heterocycles. The van der Waals surface area contributed by atoms with Gasteiger partial charge in [0.25, 0.3) is 0 Å². The molecule has 0 spiro atoms. The average molecular weight is 412 g/mol. The van der Waals surface area contributed by atoms with Gasteiger partial charge in [-0.25, -0.2) is 0 Å². The molecule has 124 valence electrons. The molecule has 3 aromatic rings. The molecule has 3 aromatic carbocycles. The van der Waals surface area contributed by atoms with Crippen molar-refractivity contribution in [2.24, 2.45) is 5.10 Å². The lowest BCUT2D eigenvalue weighted by atomic mass is 9.98. The lowest BCUT2D eigenvalue weighted by molar-refractivity contribution is 0.709. The van der Waals surface area contributed by atoms with Crippen LogP contribution in [0.5, 0.6) is 0 Å². The molecule has 0 N–H and O–H groups in total. The average Bonchev–Trinajstić information content (AvgIpc) is 3.08. The second-order valence-corrected chi connectivity index (χ2v) is 7.36. The van der Waals surface area contributed by atoms with Crippen molar-refractivity contribution in [3.8, 4) is 0 Å². The summed E-state index contributed by atoms with van der Waals surface area (Å²) in [6.45, 7) is 0. The van der Waals surface area contributed by atoms with Crippen LogP contribution in [0.4, 0.5) is 5.69 Å². The summed E-state index contributed by atoms with van der Waals surface area (Å²) in [5.74, 6) is 0. The molecular formula is C21H16BrClN2. The third kappa shape index (κ3) is 3.48. The normalized spacial score (nSPS) is 16.8. The maximum atomic E-state index is 6.21. The van der Waals surface area contributed by atoms with Crippen LogP contribution in [0.2, 0.25) is 5.02 Å². The largest absolute Gasteiger partial charge is 0.257 e. The van der Waals surface area contributed by atoms with Crippen LogP contribution in [-0.2, 0) is 0 Å². The van der Waals surface area contributed by atoms with Crippen LogP contribution in [0, 0.1) is 0 Å². The first-order chi connectivity index (χ1) is 12.2. The fourth-order valence-corrected chi connectivity index (χ4v) is 3.57. The third-order valence-corrected chi connectivity index (χ3v) is 5.11. The van der Waals surface area contributed by atoms with Gasteiger partial charge in [-0.05, 0) is 41.5 Å². The first-order valence-corrected chi connectivity index (χ1v) is 9.31. The summed E-state index contributed by atoms with van der Waals surface area (Å²) in [5, 5.41) is 7.73. The molecule has 0 radical (unpaired) electrons. The Kier molecular flexibility index (Phi) is 4.60. The molecule has 1 atom stereocenters. The zero-order chi connectivity index (χ0) is 17.2. The standard InChI is InChI=1S/C21H16BrClN2/c22-17-11-9-16(10-12-17)21-14-20(15-5-2-1-3-6-15)24-25(21)19-8-4-7-18(23)13-19/h1-13,21H,14H2/t21-/m1/s1. The lowest BCUT2D eigenvalue weighted by Crippen LogP contribution is -2.18. The van der Waals surface area contributed by atoms with Gasteiger partial charge in [0.1, 0.15) is 0 Å². The fraction of sp³-hybridized carbons (Fsp3) is 0.0952. The SMILES string of the molecule is Clc1cccc(N2N=C(c3ccccc3)C[C@@H]2c2ccc(Br)cc2)c1. The minimum Gasteiger partial charge on any atom is -0.257 e. The van der Waals surface area contributed by atoms with Gasteiger partial charge in [-0.3, -0.25) is 5.01 Å². The molecule has 1 heterocycles. The van der Waals surface area contributed by atoms with Crippen LogP contribution in [0.1, 0.15) is 23.6 Å². The van der Waals surface area contributed by atoms with E-state index >= 15 is 0 Å². The third-order valence-electron chi connectivity index (χ3n) is 4.34. The van der Waals surface area contributed by atoms with Crippen molar-refractivity contribution >= 4 is 38.9 Å². The monoisotopic (exact) mass is 410 g/mol. The second-order valence-electron chi connectivity index (χ2n) is 6.01. The van der Waals surface area contributed by atoms with E-state index in [9.17, 15) is 0 Å². The number of rotatable bonds is 3. The first kappa shape index (κ1) is 16.4. The Morgan fingerprint density at radius 3 is 2.40 bits per heavy atom. The molecule has 0 unspecified atom stereocenters. The van der Waals surface area contributed by atoms with Crippen molar-refractivity contribution in [3.63, 3.8) is 0 Å². The number of anilines is 1. The van der Waals surface area contributed by atoms with Gasteiger partial charge in [0.15, 0.2) is 0 Å². The van der Waals surface area contributed by atoms with Crippen molar-refractivity contribution in [1.82, 2.24) is 0 Å². The molecule has 0 amide bonds. The Hall–Kier alpha value is -2.10. The smallest absolute Gasteiger partial charge is 0.0831 e. The zero-order valence-corrected chi connectivity index (χ0v) is 15.8. The van der Waals surface area contributed by atoms with E-state index in [1.165, 1.54) is 5.56 Å². The van der Waals surface area contributed by atoms with Crippen LogP contribution in [0.3, 0.4) is 0 Å². The van der Waals surface area contributed by atoms with E-state index in [4.69, 9.17) is 16.7 Å². The van der Waals surface area contributed by atoms with Crippen molar-refractivity contribution in [2.75, 3.05) is 5.01 Å². The molecule has 0 aromatic heterocycles. The van der Waals surface area contributed by atoms with E-state index in [0.29, 0.717) is 0 Å². The molecule has 2 nitrogen and oxygen atoms in total. The van der Waals surface area contributed by atoms with Crippen LogP contribution in [0.25, 0.3) is 0 Å². The van der Waals surface area contributed by atoms with E-state index < -0.39 is 0 Å². The first-order valence-electron chi connectivity index (χ1n) is 8.14. The van der Waals surface area contributed by atoms with E-state index in [2.05, 4.69) is 75.5 Å². The van der Waals surface area contributed by atoms with Crippen LogP contribution in [-0.4, -0.2) is 5.71 Å². The number of hydrogen-bond acceptors (Lipinski definition) is 2. The number of halogens is 2. The molecule has 0 aliphatic carbocycles. The topological polar surface area (TPSA) is 15.6 Å². The van der Waals surface area contributed by atoms with Gasteiger partial charge in [0.2, 0.25) is 0 Å². The van der Waals surface area contributed by atoms with E-state index in [1.807, 2.05) is 24.3 Å². The highest BCUT2D eigenvalue weighted by Gasteiger charge is 2.29. The molecular weight excluding hydrogens is 396 g/mol. The maximum Gasteiger partial charge on any atom is 0.0831 e. The van der Waals surface area contributed by atoms with Crippen molar-refractivity contribution in [1.29, 1.82) is 0 Å². The Labute approximate surface area is 160 Å². The van der Waals surface area contributed by atoms with Gasteiger partial charge >= 0.3 is 0 Å². The van der Waals surface area contributed by atoms with E-state index in [1.54, 1.807) is 0 Å². The molecule has 1 aliphatic heterocycles. The fourth-order valence-electron chi connectivity index (χ4n) is 3.12. The molecule has 0 fully saturated rings. The number of nitrogens with zero attached hydrogens (tertiary/aromatic N) is 2. The number of hydrazone groups is 1. The van der Waals surface area contributed by atoms with E-state index in [-0.39, 0.29) is 6.04 Å². The Morgan fingerprint density at radius 2 is 1.68 bits per heavy atom. The second kappa shape index (κ2) is 7.03. The molecule has 1 aliphatic rings. The quantitative estimate of drug-likeness (QED) is 0.483. The summed E-state index contributed by atoms with van der Waals surface area (Å²) in [5.41, 5.74) is 4.49. The van der Waals surface area contributed by atoms with E-state index in [0.717, 1.165) is 32.9 Å². The lowest BCUT2D eigenvalue weighted by Gasteiger charge is -2.24. The molecule has 4 rings (SSSR count). The Balaban J connectivity index is 1.76. The van der Waals surface area contributed by atoms with Gasteiger partial charge in [0.05, 0.1) is 17.4 Å². The predicted molar refractivity (Wildman–Crippen MR) is 108 cm³/mol. The number of hydrogen-bond donors (Lipinski definition) is 0. The maximum absolute atomic E-state index is 6.21. The van der Waals surface area contributed by atoms with Crippen LogP contribution in [0.15, 0.2) is 88.4 Å². The summed E-state index contributed by atoms with van der Waals surface area (Å²) >= 11 is 9.72. The predicted octanol–water partition coefficient (Wildman–Crippen LogP) is 6.46. The van der Waals surface area contributed by atoms with Gasteiger partial charge < -0.3 is 0 Å². The summed E-state index contributed by atoms with van der Waals surface area (Å²) < 4.78 is 1.08. The highest BCUT2D eigenvalue weighted by atomic mass is 79.9.